The van der Waals surface area contributed by atoms with E-state index in [0.717, 1.165) is 16.7 Å². The second-order valence-corrected chi connectivity index (χ2v) is 10.1. The van der Waals surface area contributed by atoms with Gasteiger partial charge in [0.05, 0.1) is 12.0 Å². The topological polar surface area (TPSA) is 63.7 Å². The average molecular weight is 450 g/mol. The molecule has 6 heteroatoms. The molecule has 3 aromatic carbocycles. The van der Waals surface area contributed by atoms with Gasteiger partial charge in [-0.2, -0.15) is 4.31 Å². The molecule has 0 amide bonds. The van der Waals surface area contributed by atoms with Crippen molar-refractivity contribution in [2.24, 2.45) is 5.92 Å². The first-order valence-electron chi connectivity index (χ1n) is 10.7. The van der Waals surface area contributed by atoms with Crippen molar-refractivity contribution in [2.45, 2.75) is 23.7 Å². The number of ether oxygens (including phenoxy) is 1. The third kappa shape index (κ3) is 3.74. The number of nitrogens with zero attached hydrogens (tertiary/aromatic N) is 1. The number of benzene rings is 3. The average Bonchev–Trinajstić information content (AvgIpc) is 3.32. The maximum Gasteiger partial charge on any atom is 0.321 e. The fourth-order valence-electron chi connectivity index (χ4n) is 4.76. The zero-order valence-electron chi connectivity index (χ0n) is 18.3. The van der Waals surface area contributed by atoms with Gasteiger partial charge in [0, 0.05) is 13.1 Å². The van der Waals surface area contributed by atoms with E-state index in [1.165, 1.54) is 11.4 Å². The van der Waals surface area contributed by atoms with Gasteiger partial charge >= 0.3 is 5.97 Å². The lowest BCUT2D eigenvalue weighted by atomic mass is 9.65. The van der Waals surface area contributed by atoms with Gasteiger partial charge < -0.3 is 4.74 Å². The minimum atomic E-state index is -3.66. The van der Waals surface area contributed by atoms with Gasteiger partial charge in [-0.15, -0.1) is 0 Å². The molecule has 4 rings (SSSR count). The van der Waals surface area contributed by atoms with Crippen LogP contribution in [-0.2, 0) is 25.0 Å². The van der Waals surface area contributed by atoms with E-state index in [-0.39, 0.29) is 23.3 Å². The summed E-state index contributed by atoms with van der Waals surface area (Å²) < 4.78 is 33.5. The maximum absolute atomic E-state index is 13.5. The van der Waals surface area contributed by atoms with Crippen molar-refractivity contribution < 1.29 is 17.9 Å². The van der Waals surface area contributed by atoms with E-state index in [1.807, 2.05) is 67.6 Å². The van der Waals surface area contributed by atoms with E-state index >= 15 is 0 Å². The molecule has 0 saturated carbocycles. The number of methoxy groups -OCH3 is 1. The van der Waals surface area contributed by atoms with Gasteiger partial charge in [0.2, 0.25) is 10.0 Å². The predicted octanol–water partition coefficient (Wildman–Crippen LogP) is 4.16. The molecule has 0 unspecified atom stereocenters. The van der Waals surface area contributed by atoms with Gasteiger partial charge in [-0.1, -0.05) is 78.4 Å². The summed E-state index contributed by atoms with van der Waals surface area (Å²) >= 11 is 0. The monoisotopic (exact) mass is 449 g/mol. The summed E-state index contributed by atoms with van der Waals surface area (Å²) in [6.45, 7) is 2.50. The maximum atomic E-state index is 13.5. The summed E-state index contributed by atoms with van der Waals surface area (Å²) in [5.74, 6) is -0.658. The molecular formula is C26H27NO4S. The van der Waals surface area contributed by atoms with Crippen LogP contribution < -0.4 is 0 Å². The van der Waals surface area contributed by atoms with Crippen LogP contribution in [0, 0.1) is 12.8 Å². The van der Waals surface area contributed by atoms with Gasteiger partial charge in [-0.3, -0.25) is 4.79 Å². The van der Waals surface area contributed by atoms with Crippen molar-refractivity contribution in [3.8, 4) is 0 Å². The first-order chi connectivity index (χ1) is 15.4. The van der Waals surface area contributed by atoms with Crippen LogP contribution in [0.1, 0.15) is 23.1 Å². The smallest absolute Gasteiger partial charge is 0.321 e. The second kappa shape index (κ2) is 8.88. The molecule has 1 saturated heterocycles. The number of carbonyl (C=O) groups excluding carboxylic acids is 1. The molecule has 1 heterocycles. The van der Waals surface area contributed by atoms with Gasteiger partial charge in [0.25, 0.3) is 0 Å². The largest absolute Gasteiger partial charge is 0.468 e. The first kappa shape index (κ1) is 22.2. The number of aryl methyl sites for hydroxylation is 1. The molecule has 1 atom stereocenters. The van der Waals surface area contributed by atoms with E-state index in [0.29, 0.717) is 13.0 Å². The number of rotatable bonds is 6. The van der Waals surface area contributed by atoms with Crippen LogP contribution in [0.2, 0.25) is 0 Å². The molecule has 0 spiro atoms. The van der Waals surface area contributed by atoms with Crippen molar-refractivity contribution in [3.63, 3.8) is 0 Å². The van der Waals surface area contributed by atoms with Crippen LogP contribution in [0.4, 0.5) is 0 Å². The zero-order valence-corrected chi connectivity index (χ0v) is 19.1. The van der Waals surface area contributed by atoms with Gasteiger partial charge in [0.1, 0.15) is 5.41 Å². The minimum Gasteiger partial charge on any atom is -0.468 e. The lowest BCUT2D eigenvalue weighted by Crippen LogP contribution is -2.46. The quantitative estimate of drug-likeness (QED) is 0.530. The van der Waals surface area contributed by atoms with Crippen molar-refractivity contribution in [3.05, 3.63) is 102 Å². The van der Waals surface area contributed by atoms with Crippen LogP contribution in [0.25, 0.3) is 0 Å². The van der Waals surface area contributed by atoms with Crippen LogP contribution in [0.5, 0.6) is 0 Å². The van der Waals surface area contributed by atoms with Crippen LogP contribution in [-0.4, -0.2) is 38.9 Å². The molecule has 5 nitrogen and oxygen atoms in total. The van der Waals surface area contributed by atoms with Crippen molar-refractivity contribution in [2.75, 3.05) is 20.2 Å². The summed E-state index contributed by atoms with van der Waals surface area (Å²) in [4.78, 5) is 13.8. The van der Waals surface area contributed by atoms with E-state index in [4.69, 9.17) is 4.74 Å². The van der Waals surface area contributed by atoms with Crippen molar-refractivity contribution in [1.29, 1.82) is 0 Å². The Bertz CT molecular complexity index is 1140. The zero-order chi connectivity index (χ0) is 22.8. The number of sulfonamides is 1. The molecule has 32 heavy (non-hydrogen) atoms. The highest BCUT2D eigenvalue weighted by Crippen LogP contribution is 2.45. The minimum absolute atomic E-state index is 0.231. The fraction of sp³-hybridized carbons (Fsp3) is 0.269. The molecule has 1 fully saturated rings. The molecule has 1 aliphatic rings. The van der Waals surface area contributed by atoms with E-state index in [2.05, 4.69) is 0 Å². The summed E-state index contributed by atoms with van der Waals surface area (Å²) in [5.41, 5.74) is 1.51. The SMILES string of the molecule is COC(=O)C(c1ccccc1)(c1ccccc1)[C@@H]1CCN(S(=O)(=O)c2ccc(C)cc2)C1. The fourth-order valence-corrected chi connectivity index (χ4v) is 6.26. The lowest BCUT2D eigenvalue weighted by Gasteiger charge is -2.37. The molecule has 0 radical (unpaired) electrons. The summed E-state index contributed by atoms with van der Waals surface area (Å²) in [6.07, 6.45) is 0.546. The lowest BCUT2D eigenvalue weighted by molar-refractivity contribution is -0.147. The number of esters is 1. The standard InChI is InChI=1S/C26H27NO4S/c1-20-13-15-24(16-14-20)32(29,30)27-18-17-23(19-27)26(25(28)31-2,21-9-5-3-6-10-21)22-11-7-4-8-12-22/h3-16,23H,17-19H2,1-2H3/t23-/m1/s1. The Hall–Kier alpha value is -2.96. The number of hydrogen-bond donors (Lipinski definition) is 0. The molecule has 0 aliphatic carbocycles. The Morgan fingerprint density at radius 3 is 1.94 bits per heavy atom. The number of carbonyl (C=O) groups is 1. The van der Waals surface area contributed by atoms with Gasteiger partial charge in [-0.05, 0) is 42.5 Å². The van der Waals surface area contributed by atoms with E-state index < -0.39 is 15.4 Å². The Labute approximate surface area is 189 Å². The Kier molecular flexibility index (Phi) is 6.17. The molecule has 1 aliphatic heterocycles. The Morgan fingerprint density at radius 1 is 0.906 bits per heavy atom. The van der Waals surface area contributed by atoms with Gasteiger partial charge in [-0.25, -0.2) is 8.42 Å². The molecule has 166 valence electrons. The third-order valence-corrected chi connectivity index (χ3v) is 8.27. The van der Waals surface area contributed by atoms with E-state index in [9.17, 15) is 13.2 Å². The highest BCUT2D eigenvalue weighted by atomic mass is 32.2. The van der Waals surface area contributed by atoms with Crippen LogP contribution in [0.15, 0.2) is 89.8 Å². The highest BCUT2D eigenvalue weighted by molar-refractivity contribution is 7.89. The predicted molar refractivity (Wildman–Crippen MR) is 124 cm³/mol. The molecular weight excluding hydrogens is 422 g/mol. The van der Waals surface area contributed by atoms with Gasteiger partial charge in [0.15, 0.2) is 0 Å². The van der Waals surface area contributed by atoms with Crippen molar-refractivity contribution in [1.82, 2.24) is 4.31 Å². The van der Waals surface area contributed by atoms with Crippen molar-refractivity contribution >= 4 is 16.0 Å². The molecule has 3 aromatic rings. The van der Waals surface area contributed by atoms with Crippen LogP contribution >= 0.6 is 0 Å². The highest BCUT2D eigenvalue weighted by Gasteiger charge is 2.53. The summed E-state index contributed by atoms with van der Waals surface area (Å²) in [5, 5.41) is 0. The first-order valence-corrected chi connectivity index (χ1v) is 12.1. The normalized spacial score (nSPS) is 17.2. The Morgan fingerprint density at radius 2 is 1.44 bits per heavy atom. The number of hydrogen-bond acceptors (Lipinski definition) is 4. The summed E-state index contributed by atoms with van der Waals surface area (Å²) in [6, 6.07) is 25.9. The summed E-state index contributed by atoms with van der Waals surface area (Å²) in [7, 11) is -2.28. The molecule has 0 bridgehead atoms. The third-order valence-electron chi connectivity index (χ3n) is 6.39. The second-order valence-electron chi connectivity index (χ2n) is 8.19. The van der Waals surface area contributed by atoms with E-state index in [1.54, 1.807) is 24.3 Å². The molecule has 0 aromatic heterocycles. The van der Waals surface area contributed by atoms with Crippen LogP contribution in [0.3, 0.4) is 0 Å². The molecule has 0 N–H and O–H groups in total. The Balaban J connectivity index is 1.80.